The maximum Gasteiger partial charge on any atom is 0.251 e. The smallest absolute Gasteiger partial charge is 0.251 e. The topological polar surface area (TPSA) is 84.2 Å². The first kappa shape index (κ1) is 20.7. The summed E-state index contributed by atoms with van der Waals surface area (Å²) in [5, 5.41) is 10.7. The van der Waals surface area contributed by atoms with Gasteiger partial charge in [-0.15, -0.1) is 0 Å². The summed E-state index contributed by atoms with van der Waals surface area (Å²) in [6.45, 7) is 7.40. The van der Waals surface area contributed by atoms with Crippen molar-refractivity contribution in [1.29, 1.82) is 0 Å². The van der Waals surface area contributed by atoms with E-state index in [1.807, 2.05) is 63.4 Å². The highest BCUT2D eigenvalue weighted by Crippen LogP contribution is 2.25. The van der Waals surface area contributed by atoms with Crippen LogP contribution in [0.4, 0.5) is 0 Å². The van der Waals surface area contributed by atoms with Crippen molar-refractivity contribution >= 4 is 11.6 Å². The zero-order valence-corrected chi connectivity index (χ0v) is 18.0. The molecule has 31 heavy (non-hydrogen) atoms. The van der Waals surface area contributed by atoms with Crippen molar-refractivity contribution in [3.05, 3.63) is 72.2 Å². The Labute approximate surface area is 181 Å². The highest BCUT2D eigenvalue weighted by Gasteiger charge is 2.15. The van der Waals surface area contributed by atoms with Crippen molar-refractivity contribution in [3.63, 3.8) is 0 Å². The molecule has 4 rings (SSSR count). The number of nitrogens with one attached hydrogen (secondary N) is 2. The van der Waals surface area contributed by atoms with Gasteiger partial charge in [0.05, 0.1) is 23.1 Å². The molecule has 4 aromatic rings. The van der Waals surface area contributed by atoms with Crippen LogP contribution in [0, 0.1) is 6.92 Å². The molecule has 2 N–H and O–H groups in total. The summed E-state index contributed by atoms with van der Waals surface area (Å²) in [5.41, 5.74) is 5.40. The minimum Gasteiger partial charge on any atom is -0.350 e. The van der Waals surface area contributed by atoms with E-state index in [4.69, 9.17) is 4.98 Å². The summed E-state index contributed by atoms with van der Waals surface area (Å²) in [6.07, 6.45) is 3.63. The Kier molecular flexibility index (Phi) is 6.04. The molecular formula is C24H26N6O. The number of hydrogen-bond acceptors (Lipinski definition) is 5. The first-order chi connectivity index (χ1) is 15.0. The summed E-state index contributed by atoms with van der Waals surface area (Å²) >= 11 is 0. The maximum atomic E-state index is 12.7. The number of carbonyl (C=O) groups is 1. The van der Waals surface area contributed by atoms with Crippen LogP contribution in [-0.2, 0) is 0 Å². The van der Waals surface area contributed by atoms with Gasteiger partial charge in [-0.25, -0.2) is 9.50 Å². The Morgan fingerprint density at radius 1 is 1.10 bits per heavy atom. The van der Waals surface area contributed by atoms with Gasteiger partial charge in [0.1, 0.15) is 0 Å². The number of hydrogen-bond donors (Lipinski definition) is 2. The highest BCUT2D eigenvalue weighted by atomic mass is 16.1. The minimum absolute atomic E-state index is 0.120. The second-order valence-corrected chi connectivity index (χ2v) is 7.56. The minimum atomic E-state index is -0.120. The van der Waals surface area contributed by atoms with Gasteiger partial charge in [-0.05, 0) is 38.6 Å². The fourth-order valence-electron chi connectivity index (χ4n) is 3.53. The molecule has 7 nitrogen and oxygen atoms in total. The molecular weight excluding hydrogens is 388 g/mol. The van der Waals surface area contributed by atoms with Gasteiger partial charge >= 0.3 is 0 Å². The molecule has 0 unspecified atom stereocenters. The Morgan fingerprint density at radius 2 is 1.90 bits per heavy atom. The average molecular weight is 415 g/mol. The van der Waals surface area contributed by atoms with Gasteiger partial charge in [-0.1, -0.05) is 37.3 Å². The van der Waals surface area contributed by atoms with Gasteiger partial charge in [0.25, 0.3) is 5.91 Å². The number of pyridine rings is 1. The molecule has 158 valence electrons. The maximum absolute atomic E-state index is 12.7. The molecule has 0 aliphatic carbocycles. The summed E-state index contributed by atoms with van der Waals surface area (Å²) in [4.78, 5) is 22.2. The summed E-state index contributed by atoms with van der Waals surface area (Å²) in [6, 6.07) is 15.7. The standard InChI is InChI=1S/C24H26N6O/c1-4-25-17(3)14-26-24(31)19-12-16(2)28-22(13-19)20-15-27-30-11-10-21(29-23(20)30)18-8-6-5-7-9-18/h5-13,15,17,25H,4,14H2,1-3H3,(H,26,31)/t17-/m0/s1. The lowest BCUT2D eigenvalue weighted by molar-refractivity contribution is 0.0950. The second-order valence-electron chi connectivity index (χ2n) is 7.56. The van der Waals surface area contributed by atoms with E-state index >= 15 is 0 Å². The molecule has 1 atom stereocenters. The summed E-state index contributed by atoms with van der Waals surface area (Å²) in [5.74, 6) is -0.120. The van der Waals surface area contributed by atoms with Crippen LogP contribution >= 0.6 is 0 Å². The average Bonchev–Trinajstić information content (AvgIpc) is 3.21. The predicted octanol–water partition coefficient (Wildman–Crippen LogP) is 3.49. The number of aromatic nitrogens is 4. The van der Waals surface area contributed by atoms with E-state index in [9.17, 15) is 4.79 Å². The molecule has 0 fully saturated rings. The van der Waals surface area contributed by atoms with Crippen LogP contribution in [0.3, 0.4) is 0 Å². The third kappa shape index (κ3) is 4.62. The number of nitrogens with zero attached hydrogens (tertiary/aromatic N) is 4. The van der Waals surface area contributed by atoms with Gasteiger partial charge in [0.15, 0.2) is 5.65 Å². The van der Waals surface area contributed by atoms with Crippen molar-refractivity contribution in [2.75, 3.05) is 13.1 Å². The number of amides is 1. The van der Waals surface area contributed by atoms with Gasteiger partial charge in [0.2, 0.25) is 0 Å². The Balaban J connectivity index is 1.67. The van der Waals surface area contributed by atoms with Crippen molar-refractivity contribution in [2.45, 2.75) is 26.8 Å². The normalized spacial score (nSPS) is 12.1. The quantitative estimate of drug-likeness (QED) is 0.484. The fraction of sp³-hybridized carbons (Fsp3) is 0.250. The molecule has 1 amide bonds. The van der Waals surface area contributed by atoms with Gasteiger partial charge in [-0.2, -0.15) is 5.10 Å². The first-order valence-corrected chi connectivity index (χ1v) is 10.5. The third-order valence-corrected chi connectivity index (χ3v) is 5.05. The molecule has 3 aromatic heterocycles. The predicted molar refractivity (Wildman–Crippen MR) is 122 cm³/mol. The van der Waals surface area contributed by atoms with E-state index < -0.39 is 0 Å². The fourth-order valence-corrected chi connectivity index (χ4v) is 3.53. The highest BCUT2D eigenvalue weighted by molar-refractivity contribution is 5.95. The van der Waals surface area contributed by atoms with Crippen LogP contribution in [-0.4, -0.2) is 44.6 Å². The number of benzene rings is 1. The van der Waals surface area contributed by atoms with Crippen LogP contribution in [0.1, 0.15) is 29.9 Å². The van der Waals surface area contributed by atoms with E-state index in [1.165, 1.54) is 0 Å². The number of likely N-dealkylation sites (N-methyl/N-ethyl adjacent to an activating group) is 1. The van der Waals surface area contributed by atoms with Crippen molar-refractivity contribution in [3.8, 4) is 22.5 Å². The van der Waals surface area contributed by atoms with Crippen molar-refractivity contribution < 1.29 is 4.79 Å². The molecule has 0 spiro atoms. The van der Waals surface area contributed by atoms with Crippen LogP contribution in [0.25, 0.3) is 28.2 Å². The monoisotopic (exact) mass is 414 g/mol. The molecule has 0 aliphatic heterocycles. The van der Waals surface area contributed by atoms with E-state index in [0.29, 0.717) is 23.4 Å². The summed E-state index contributed by atoms with van der Waals surface area (Å²) < 4.78 is 1.73. The van der Waals surface area contributed by atoms with E-state index in [2.05, 4.69) is 20.7 Å². The molecule has 1 aromatic carbocycles. The van der Waals surface area contributed by atoms with Crippen molar-refractivity contribution in [1.82, 2.24) is 30.2 Å². The Bertz CT molecular complexity index is 1200. The number of carbonyl (C=O) groups excluding carboxylic acids is 1. The molecule has 0 bridgehead atoms. The molecule has 0 saturated carbocycles. The molecule has 7 heteroatoms. The van der Waals surface area contributed by atoms with E-state index in [1.54, 1.807) is 22.8 Å². The number of rotatable bonds is 7. The zero-order chi connectivity index (χ0) is 21.8. The Hall–Kier alpha value is -3.58. The molecule has 0 aliphatic rings. The Morgan fingerprint density at radius 3 is 2.68 bits per heavy atom. The van der Waals surface area contributed by atoms with Crippen LogP contribution < -0.4 is 10.6 Å². The molecule has 0 saturated heterocycles. The van der Waals surface area contributed by atoms with E-state index in [0.717, 1.165) is 29.1 Å². The lowest BCUT2D eigenvalue weighted by atomic mass is 10.1. The zero-order valence-electron chi connectivity index (χ0n) is 18.0. The first-order valence-electron chi connectivity index (χ1n) is 10.5. The number of aryl methyl sites for hydroxylation is 1. The van der Waals surface area contributed by atoms with Crippen LogP contribution in [0.5, 0.6) is 0 Å². The van der Waals surface area contributed by atoms with Gasteiger partial charge in [-0.3, -0.25) is 9.78 Å². The second kappa shape index (κ2) is 9.06. The summed E-state index contributed by atoms with van der Waals surface area (Å²) in [7, 11) is 0. The SMILES string of the molecule is CCN[C@@H](C)CNC(=O)c1cc(C)nc(-c2cnn3ccc(-c4ccccc4)nc23)c1. The third-order valence-electron chi connectivity index (χ3n) is 5.05. The lowest BCUT2D eigenvalue weighted by Crippen LogP contribution is -2.38. The van der Waals surface area contributed by atoms with Gasteiger partial charge < -0.3 is 10.6 Å². The van der Waals surface area contributed by atoms with Gasteiger partial charge in [0, 0.05) is 35.6 Å². The number of fused-ring (bicyclic) bond motifs is 1. The largest absolute Gasteiger partial charge is 0.350 e. The van der Waals surface area contributed by atoms with Crippen molar-refractivity contribution in [2.24, 2.45) is 0 Å². The molecule has 0 radical (unpaired) electrons. The van der Waals surface area contributed by atoms with Crippen LogP contribution in [0.15, 0.2) is 60.9 Å². The van der Waals surface area contributed by atoms with Crippen LogP contribution in [0.2, 0.25) is 0 Å². The van der Waals surface area contributed by atoms with E-state index in [-0.39, 0.29) is 11.9 Å². The molecule has 3 heterocycles. The lowest BCUT2D eigenvalue weighted by Gasteiger charge is -2.13.